The van der Waals surface area contributed by atoms with Gasteiger partial charge in [0.1, 0.15) is 0 Å². The van der Waals surface area contributed by atoms with E-state index in [4.69, 9.17) is 5.73 Å². The standard InChI is InChI=1S/C9H20N4/c1-9(2,3)13-7-6-12-8(13)11-5-4-10/h4-7,10H2,1-3H3,(H,11,12). The maximum Gasteiger partial charge on any atom is 0.194 e. The predicted octanol–water partition coefficient (Wildman–Crippen LogP) is 0.00480. The van der Waals surface area contributed by atoms with Crippen molar-refractivity contribution in [3.05, 3.63) is 0 Å². The van der Waals surface area contributed by atoms with E-state index in [1.54, 1.807) is 0 Å². The van der Waals surface area contributed by atoms with Gasteiger partial charge in [-0.15, -0.1) is 0 Å². The molecule has 0 unspecified atom stereocenters. The van der Waals surface area contributed by atoms with Crippen molar-refractivity contribution in [2.45, 2.75) is 26.3 Å². The van der Waals surface area contributed by atoms with Crippen LogP contribution in [0, 0.1) is 0 Å². The average Bonchev–Trinajstić information content (AvgIpc) is 2.47. The van der Waals surface area contributed by atoms with Crippen molar-refractivity contribution in [3.63, 3.8) is 0 Å². The molecule has 0 atom stereocenters. The van der Waals surface area contributed by atoms with Crippen LogP contribution in [0.15, 0.2) is 4.99 Å². The number of guanidine groups is 1. The number of nitrogens with zero attached hydrogens (tertiary/aromatic N) is 2. The molecule has 0 bridgehead atoms. The fourth-order valence-electron chi connectivity index (χ4n) is 1.44. The molecule has 0 amide bonds. The summed E-state index contributed by atoms with van der Waals surface area (Å²) in [6.45, 7) is 9.93. The zero-order valence-electron chi connectivity index (χ0n) is 8.80. The van der Waals surface area contributed by atoms with Gasteiger partial charge in [-0.2, -0.15) is 0 Å². The molecule has 0 aliphatic carbocycles. The first-order valence-electron chi connectivity index (χ1n) is 4.82. The Bertz CT molecular complexity index is 192. The van der Waals surface area contributed by atoms with Gasteiger partial charge in [-0.25, -0.2) is 0 Å². The van der Waals surface area contributed by atoms with E-state index in [1.165, 1.54) is 0 Å². The number of hydrogen-bond acceptors (Lipinski definition) is 4. The molecule has 4 heteroatoms. The summed E-state index contributed by atoms with van der Waals surface area (Å²) >= 11 is 0. The molecular formula is C9H20N4. The minimum atomic E-state index is 0.150. The van der Waals surface area contributed by atoms with Crippen LogP contribution in [0.2, 0.25) is 0 Å². The molecule has 1 aliphatic rings. The van der Waals surface area contributed by atoms with Gasteiger partial charge in [-0.3, -0.25) is 4.99 Å². The maximum atomic E-state index is 5.43. The summed E-state index contributed by atoms with van der Waals surface area (Å²) in [6.07, 6.45) is 0. The molecule has 1 rings (SSSR count). The third-order valence-electron chi connectivity index (χ3n) is 2.08. The molecule has 0 radical (unpaired) electrons. The normalized spacial score (nSPS) is 17.5. The van der Waals surface area contributed by atoms with Crippen molar-refractivity contribution in [2.24, 2.45) is 10.7 Å². The molecule has 13 heavy (non-hydrogen) atoms. The number of hydrogen-bond donors (Lipinski definition) is 2. The van der Waals surface area contributed by atoms with Gasteiger partial charge >= 0.3 is 0 Å². The van der Waals surface area contributed by atoms with E-state index >= 15 is 0 Å². The van der Waals surface area contributed by atoms with Crippen molar-refractivity contribution in [1.29, 1.82) is 0 Å². The maximum absolute atomic E-state index is 5.43. The summed E-state index contributed by atoms with van der Waals surface area (Å²) in [6, 6.07) is 0. The SMILES string of the molecule is CC(C)(C)N1CCN=C1NCCN. The predicted molar refractivity (Wildman–Crippen MR) is 55.8 cm³/mol. The van der Waals surface area contributed by atoms with Gasteiger partial charge in [0, 0.05) is 25.2 Å². The van der Waals surface area contributed by atoms with Gasteiger partial charge in [0.2, 0.25) is 0 Å². The second kappa shape index (κ2) is 3.96. The molecule has 1 aliphatic heterocycles. The Kier molecular flexibility index (Phi) is 3.14. The third kappa shape index (κ3) is 2.59. The second-order valence-electron chi connectivity index (χ2n) is 4.24. The molecule has 0 aromatic rings. The Balaban J connectivity index is 2.53. The van der Waals surface area contributed by atoms with Crippen LogP contribution in [0.1, 0.15) is 20.8 Å². The van der Waals surface area contributed by atoms with Crippen LogP contribution in [0.5, 0.6) is 0 Å². The number of nitrogens with one attached hydrogen (secondary N) is 1. The summed E-state index contributed by atoms with van der Waals surface area (Å²) in [7, 11) is 0. The molecule has 0 aromatic heterocycles. The quantitative estimate of drug-likeness (QED) is 0.635. The van der Waals surface area contributed by atoms with E-state index in [0.29, 0.717) is 6.54 Å². The largest absolute Gasteiger partial charge is 0.355 e. The Labute approximate surface area is 80.2 Å². The van der Waals surface area contributed by atoms with Crippen LogP contribution >= 0.6 is 0 Å². The summed E-state index contributed by atoms with van der Waals surface area (Å²) in [5.41, 5.74) is 5.57. The van der Waals surface area contributed by atoms with E-state index < -0.39 is 0 Å². The first-order chi connectivity index (χ1) is 6.05. The molecule has 0 fully saturated rings. The lowest BCUT2D eigenvalue weighted by Crippen LogP contribution is -2.49. The molecule has 0 saturated heterocycles. The highest BCUT2D eigenvalue weighted by molar-refractivity contribution is 5.82. The molecule has 1 heterocycles. The van der Waals surface area contributed by atoms with Gasteiger partial charge in [0.05, 0.1) is 6.54 Å². The molecule has 3 N–H and O–H groups in total. The van der Waals surface area contributed by atoms with Gasteiger partial charge in [-0.05, 0) is 20.8 Å². The van der Waals surface area contributed by atoms with Crippen LogP contribution in [0.25, 0.3) is 0 Å². The topological polar surface area (TPSA) is 53.6 Å². The summed E-state index contributed by atoms with van der Waals surface area (Å²) in [5.74, 6) is 0.998. The fourth-order valence-corrected chi connectivity index (χ4v) is 1.44. The zero-order chi connectivity index (χ0) is 9.90. The zero-order valence-corrected chi connectivity index (χ0v) is 8.80. The van der Waals surface area contributed by atoms with Crippen LogP contribution in [-0.2, 0) is 0 Å². The molecule has 0 aromatic carbocycles. The number of aliphatic imine (C=N–C) groups is 1. The smallest absolute Gasteiger partial charge is 0.194 e. The monoisotopic (exact) mass is 184 g/mol. The van der Waals surface area contributed by atoms with Crippen molar-refractivity contribution in [1.82, 2.24) is 10.2 Å². The van der Waals surface area contributed by atoms with Gasteiger partial charge in [-0.1, -0.05) is 0 Å². The van der Waals surface area contributed by atoms with Crippen molar-refractivity contribution in [2.75, 3.05) is 26.2 Å². The minimum absolute atomic E-state index is 0.150. The molecule has 0 saturated carbocycles. The number of nitrogens with two attached hydrogens (primary N) is 1. The van der Waals surface area contributed by atoms with Crippen LogP contribution in [0.4, 0.5) is 0 Å². The Morgan fingerprint density at radius 2 is 2.23 bits per heavy atom. The van der Waals surface area contributed by atoms with Crippen molar-refractivity contribution < 1.29 is 0 Å². The van der Waals surface area contributed by atoms with E-state index in [9.17, 15) is 0 Å². The van der Waals surface area contributed by atoms with Gasteiger partial charge in [0.15, 0.2) is 5.96 Å². The third-order valence-corrected chi connectivity index (χ3v) is 2.08. The lowest BCUT2D eigenvalue weighted by molar-refractivity contribution is 0.250. The Hall–Kier alpha value is -0.770. The van der Waals surface area contributed by atoms with Gasteiger partial charge < -0.3 is 16.0 Å². The average molecular weight is 184 g/mol. The van der Waals surface area contributed by atoms with Crippen LogP contribution < -0.4 is 11.1 Å². The summed E-state index contributed by atoms with van der Waals surface area (Å²) in [5, 5.41) is 3.24. The lowest BCUT2D eigenvalue weighted by Gasteiger charge is -2.34. The van der Waals surface area contributed by atoms with E-state index in [1.807, 2.05) is 0 Å². The first kappa shape index (κ1) is 10.3. The highest BCUT2D eigenvalue weighted by Crippen LogP contribution is 2.15. The van der Waals surface area contributed by atoms with Crippen molar-refractivity contribution >= 4 is 5.96 Å². The Morgan fingerprint density at radius 3 is 2.77 bits per heavy atom. The van der Waals surface area contributed by atoms with Crippen LogP contribution in [0.3, 0.4) is 0 Å². The molecule has 4 nitrogen and oxygen atoms in total. The highest BCUT2D eigenvalue weighted by atomic mass is 15.4. The lowest BCUT2D eigenvalue weighted by atomic mass is 10.1. The van der Waals surface area contributed by atoms with Crippen LogP contribution in [-0.4, -0.2) is 42.6 Å². The number of rotatable bonds is 2. The molecule has 76 valence electrons. The molecular weight excluding hydrogens is 164 g/mol. The van der Waals surface area contributed by atoms with E-state index in [0.717, 1.165) is 25.6 Å². The Morgan fingerprint density at radius 1 is 1.54 bits per heavy atom. The fraction of sp³-hybridized carbons (Fsp3) is 0.889. The van der Waals surface area contributed by atoms with E-state index in [-0.39, 0.29) is 5.54 Å². The van der Waals surface area contributed by atoms with Gasteiger partial charge in [0.25, 0.3) is 0 Å². The summed E-state index contributed by atoms with van der Waals surface area (Å²) < 4.78 is 0. The first-order valence-corrected chi connectivity index (χ1v) is 4.82. The van der Waals surface area contributed by atoms with E-state index in [2.05, 4.69) is 36.0 Å². The molecule has 0 spiro atoms. The van der Waals surface area contributed by atoms with Crippen molar-refractivity contribution in [3.8, 4) is 0 Å². The second-order valence-corrected chi connectivity index (χ2v) is 4.24. The summed E-state index contributed by atoms with van der Waals surface area (Å²) in [4.78, 5) is 6.68. The highest BCUT2D eigenvalue weighted by Gasteiger charge is 2.27. The minimum Gasteiger partial charge on any atom is -0.355 e.